The van der Waals surface area contributed by atoms with Crippen molar-refractivity contribution in [2.75, 3.05) is 0 Å². The second-order valence-electron chi connectivity index (χ2n) is 7.72. The van der Waals surface area contributed by atoms with Crippen molar-refractivity contribution in [3.05, 3.63) is 108 Å². The molecule has 1 amide bonds. The summed E-state index contributed by atoms with van der Waals surface area (Å²) in [5.74, 6) is -1.61. The first-order chi connectivity index (χ1) is 16.7. The fourth-order valence-electron chi connectivity index (χ4n) is 3.54. The quantitative estimate of drug-likeness (QED) is 0.311. The summed E-state index contributed by atoms with van der Waals surface area (Å²) < 4.78 is 3.02. The number of carboxylic acids is 1. The van der Waals surface area contributed by atoms with E-state index in [1.54, 1.807) is 36.4 Å². The van der Waals surface area contributed by atoms with Crippen molar-refractivity contribution in [1.29, 1.82) is 0 Å². The predicted octanol–water partition coefficient (Wildman–Crippen LogP) is 3.67. The topological polar surface area (TPSA) is 119 Å². The minimum Gasteiger partial charge on any atom is -0.478 e. The second-order valence-corrected chi connectivity index (χ2v) is 9.32. The highest BCUT2D eigenvalue weighted by atomic mass is 127. The number of hydrogen-bond acceptors (Lipinski definition) is 5. The van der Waals surface area contributed by atoms with Crippen LogP contribution in [0.5, 0.6) is 0 Å². The molecule has 0 aliphatic heterocycles. The molecule has 0 bridgehead atoms. The van der Waals surface area contributed by atoms with E-state index in [0.29, 0.717) is 14.3 Å². The molecule has 0 saturated heterocycles. The number of nitrogens with one attached hydrogen (secondary N) is 1. The summed E-state index contributed by atoms with van der Waals surface area (Å²) in [7, 11) is 0. The van der Waals surface area contributed by atoms with Gasteiger partial charge in [0.15, 0.2) is 0 Å². The van der Waals surface area contributed by atoms with E-state index in [0.717, 1.165) is 16.7 Å². The van der Waals surface area contributed by atoms with Gasteiger partial charge in [-0.3, -0.25) is 4.79 Å². The van der Waals surface area contributed by atoms with Crippen LogP contribution in [-0.4, -0.2) is 36.8 Å². The van der Waals surface area contributed by atoms with Crippen LogP contribution in [0.3, 0.4) is 0 Å². The van der Waals surface area contributed by atoms with Gasteiger partial charge < -0.3 is 10.4 Å². The Labute approximate surface area is 218 Å². The van der Waals surface area contributed by atoms with E-state index in [1.807, 2.05) is 47.7 Å². The normalized spacial score (nSPS) is 10.8. The number of amides is 1. The number of carbonyl (C=O) groups is 2. The summed E-state index contributed by atoms with van der Waals surface area (Å²) in [6.45, 7) is 2.35. The average Bonchev–Trinajstić information content (AvgIpc) is 3.18. The molecule has 35 heavy (non-hydrogen) atoms. The van der Waals surface area contributed by atoms with Crippen LogP contribution in [0.15, 0.2) is 65.5 Å². The van der Waals surface area contributed by atoms with Gasteiger partial charge >= 0.3 is 11.7 Å². The standard InChI is InChI=1S/C24H19ClIN5O4/c1-14-11-15(13-30-24(35)31(29-28-30)18-9-7-17(25)8-10-18)5-6-16(14)12-27-22(32)21-19(23(33)34)3-2-4-20(21)26/h2-11H,12-13H2,1H3,(H,27,32)(H,33,34). The number of carbonyl (C=O) groups excluding carboxylic acids is 1. The lowest BCUT2D eigenvalue weighted by atomic mass is 10.0. The zero-order valence-electron chi connectivity index (χ0n) is 18.4. The number of tetrazole rings is 1. The molecule has 0 spiro atoms. The van der Waals surface area contributed by atoms with Crippen LogP contribution in [0, 0.1) is 10.5 Å². The summed E-state index contributed by atoms with van der Waals surface area (Å²) in [5, 5.41) is 20.7. The molecule has 2 N–H and O–H groups in total. The van der Waals surface area contributed by atoms with Crippen molar-refractivity contribution in [3.8, 4) is 5.69 Å². The molecule has 0 fully saturated rings. The zero-order chi connectivity index (χ0) is 25.1. The molecule has 3 aromatic carbocycles. The Morgan fingerprint density at radius 2 is 1.83 bits per heavy atom. The largest absolute Gasteiger partial charge is 0.478 e. The maximum atomic E-state index is 12.7. The Morgan fingerprint density at radius 1 is 1.09 bits per heavy atom. The molecule has 1 heterocycles. The third-order valence-electron chi connectivity index (χ3n) is 5.36. The Bertz CT molecular complexity index is 1480. The number of nitrogens with zero attached hydrogens (tertiary/aromatic N) is 4. The van der Waals surface area contributed by atoms with Crippen molar-refractivity contribution < 1.29 is 14.7 Å². The van der Waals surface area contributed by atoms with Gasteiger partial charge in [-0.2, -0.15) is 9.36 Å². The van der Waals surface area contributed by atoms with E-state index >= 15 is 0 Å². The predicted molar refractivity (Wildman–Crippen MR) is 138 cm³/mol. The zero-order valence-corrected chi connectivity index (χ0v) is 21.3. The number of benzene rings is 3. The van der Waals surface area contributed by atoms with E-state index in [2.05, 4.69) is 15.7 Å². The first kappa shape index (κ1) is 24.6. The van der Waals surface area contributed by atoms with Gasteiger partial charge in [-0.15, -0.1) is 0 Å². The number of carboxylic acid groups (broad SMARTS) is 1. The van der Waals surface area contributed by atoms with Crippen LogP contribution in [0.1, 0.15) is 37.4 Å². The molecular weight excluding hydrogens is 585 g/mol. The number of hydrogen-bond donors (Lipinski definition) is 2. The van der Waals surface area contributed by atoms with Crippen molar-refractivity contribution in [2.45, 2.75) is 20.0 Å². The van der Waals surface area contributed by atoms with Gasteiger partial charge in [0.05, 0.1) is 23.4 Å². The minimum absolute atomic E-state index is 0.0430. The lowest BCUT2D eigenvalue weighted by Gasteiger charge is -2.12. The number of aromatic carboxylic acids is 1. The van der Waals surface area contributed by atoms with E-state index in [9.17, 15) is 19.5 Å². The third kappa shape index (κ3) is 5.43. The van der Waals surface area contributed by atoms with E-state index in [-0.39, 0.29) is 29.9 Å². The summed E-state index contributed by atoms with van der Waals surface area (Å²) >= 11 is 7.85. The van der Waals surface area contributed by atoms with E-state index < -0.39 is 11.9 Å². The highest BCUT2D eigenvalue weighted by Crippen LogP contribution is 2.18. The first-order valence-corrected chi connectivity index (χ1v) is 11.9. The van der Waals surface area contributed by atoms with Crippen LogP contribution < -0.4 is 11.0 Å². The number of aromatic nitrogens is 4. The highest BCUT2D eigenvalue weighted by Gasteiger charge is 2.19. The smallest absolute Gasteiger partial charge is 0.368 e. The van der Waals surface area contributed by atoms with Gasteiger partial charge in [-0.25, -0.2) is 9.59 Å². The van der Waals surface area contributed by atoms with Crippen LogP contribution >= 0.6 is 34.2 Å². The molecule has 0 saturated carbocycles. The summed E-state index contributed by atoms with van der Waals surface area (Å²) in [5.41, 5.74) is 2.88. The molecule has 0 radical (unpaired) electrons. The molecule has 0 aliphatic rings. The van der Waals surface area contributed by atoms with Gasteiger partial charge in [0.2, 0.25) is 0 Å². The molecule has 9 nitrogen and oxygen atoms in total. The van der Waals surface area contributed by atoms with Gasteiger partial charge in [0, 0.05) is 15.1 Å². The lowest BCUT2D eigenvalue weighted by Crippen LogP contribution is -2.26. The van der Waals surface area contributed by atoms with Crippen molar-refractivity contribution in [2.24, 2.45) is 0 Å². The summed E-state index contributed by atoms with van der Waals surface area (Å²) in [4.78, 5) is 36.9. The molecule has 4 rings (SSSR count). The molecule has 11 heteroatoms. The van der Waals surface area contributed by atoms with Crippen LogP contribution in [0.2, 0.25) is 5.02 Å². The lowest BCUT2D eigenvalue weighted by molar-refractivity contribution is 0.0690. The summed E-state index contributed by atoms with van der Waals surface area (Å²) in [6, 6.07) is 17.0. The molecule has 178 valence electrons. The SMILES string of the molecule is Cc1cc(Cn2nnn(-c3ccc(Cl)cc3)c2=O)ccc1CNC(=O)c1c(I)cccc1C(=O)O. The Hall–Kier alpha value is -3.51. The van der Waals surface area contributed by atoms with Gasteiger partial charge in [0.25, 0.3) is 5.91 Å². The fraction of sp³-hybridized carbons (Fsp3) is 0.125. The van der Waals surface area contributed by atoms with Crippen molar-refractivity contribution in [1.82, 2.24) is 25.1 Å². The number of halogens is 2. The number of rotatable bonds is 7. The second kappa shape index (κ2) is 10.4. The summed E-state index contributed by atoms with van der Waals surface area (Å²) in [6.07, 6.45) is 0. The molecule has 1 aromatic heterocycles. The number of aryl methyl sites for hydroxylation is 1. The van der Waals surface area contributed by atoms with Gasteiger partial charge in [0.1, 0.15) is 0 Å². The van der Waals surface area contributed by atoms with Gasteiger partial charge in [-0.1, -0.05) is 35.9 Å². The molecular formula is C24H19ClIN5O4. The van der Waals surface area contributed by atoms with Crippen LogP contribution in [0.4, 0.5) is 0 Å². The Kier molecular flexibility index (Phi) is 7.31. The minimum atomic E-state index is -1.16. The molecule has 0 unspecified atom stereocenters. The molecule has 0 aliphatic carbocycles. The van der Waals surface area contributed by atoms with Crippen LogP contribution in [0.25, 0.3) is 5.69 Å². The Balaban J connectivity index is 1.47. The Morgan fingerprint density at radius 3 is 2.51 bits per heavy atom. The molecule has 0 atom stereocenters. The third-order valence-corrected chi connectivity index (χ3v) is 6.51. The fourth-order valence-corrected chi connectivity index (χ4v) is 4.41. The monoisotopic (exact) mass is 603 g/mol. The maximum Gasteiger partial charge on any atom is 0.368 e. The van der Waals surface area contributed by atoms with Gasteiger partial charge in [-0.05, 0) is 93.0 Å². The molecule has 4 aromatic rings. The van der Waals surface area contributed by atoms with Crippen molar-refractivity contribution >= 4 is 46.1 Å². The average molecular weight is 604 g/mol. The van der Waals surface area contributed by atoms with E-state index in [4.69, 9.17) is 11.6 Å². The highest BCUT2D eigenvalue weighted by molar-refractivity contribution is 14.1. The first-order valence-electron chi connectivity index (χ1n) is 10.4. The van der Waals surface area contributed by atoms with Crippen LogP contribution in [-0.2, 0) is 13.1 Å². The maximum absolute atomic E-state index is 12.7. The van der Waals surface area contributed by atoms with E-state index in [1.165, 1.54) is 15.4 Å². The van der Waals surface area contributed by atoms with Crippen molar-refractivity contribution in [3.63, 3.8) is 0 Å².